The molecule has 7 heteroatoms. The van der Waals surface area contributed by atoms with Crippen molar-refractivity contribution >= 4 is 23.4 Å². The third kappa shape index (κ3) is 6.14. The summed E-state index contributed by atoms with van der Waals surface area (Å²) >= 11 is 5.86. The van der Waals surface area contributed by atoms with Gasteiger partial charge in [0.2, 0.25) is 0 Å². The summed E-state index contributed by atoms with van der Waals surface area (Å²) in [5.41, 5.74) is 3.21. The van der Waals surface area contributed by atoms with Gasteiger partial charge in [0.1, 0.15) is 11.5 Å². The van der Waals surface area contributed by atoms with Crippen LogP contribution in [0.25, 0.3) is 0 Å². The van der Waals surface area contributed by atoms with Crippen molar-refractivity contribution in [2.24, 2.45) is 0 Å². The average Bonchev–Trinajstić information content (AvgIpc) is 3.02. The van der Waals surface area contributed by atoms with Crippen LogP contribution in [0.2, 0.25) is 5.02 Å². The van der Waals surface area contributed by atoms with E-state index in [1.807, 2.05) is 26.8 Å². The van der Waals surface area contributed by atoms with Crippen LogP contribution >= 0.6 is 11.6 Å². The van der Waals surface area contributed by atoms with Gasteiger partial charge in [0.05, 0.1) is 0 Å². The predicted molar refractivity (Wildman–Crippen MR) is 121 cm³/mol. The Morgan fingerprint density at radius 1 is 0.806 bits per heavy atom. The molecule has 0 N–H and O–H groups in total. The van der Waals surface area contributed by atoms with Crippen molar-refractivity contribution in [2.75, 3.05) is 39.4 Å². The monoisotopic (exact) mass is 444 g/mol. The van der Waals surface area contributed by atoms with Gasteiger partial charge in [0.15, 0.2) is 13.2 Å². The lowest BCUT2D eigenvalue weighted by atomic mass is 10.1. The van der Waals surface area contributed by atoms with Crippen LogP contribution < -0.4 is 9.47 Å². The number of carbonyl (C=O) groups excluding carboxylic acids is 2. The number of aryl methyl sites for hydroxylation is 2. The zero-order valence-corrected chi connectivity index (χ0v) is 19.1. The molecule has 2 aromatic rings. The third-order valence-electron chi connectivity index (χ3n) is 5.59. The molecule has 0 unspecified atom stereocenters. The van der Waals surface area contributed by atoms with Crippen LogP contribution in [0.4, 0.5) is 0 Å². The Hall–Kier alpha value is -2.73. The fourth-order valence-electron chi connectivity index (χ4n) is 3.56. The van der Waals surface area contributed by atoms with E-state index >= 15 is 0 Å². The van der Waals surface area contributed by atoms with Crippen LogP contribution in [0, 0.1) is 20.8 Å². The summed E-state index contributed by atoms with van der Waals surface area (Å²) in [5.74, 6) is 1.22. The molecular formula is C24H29ClN2O4. The fourth-order valence-corrected chi connectivity index (χ4v) is 3.68. The topological polar surface area (TPSA) is 59.1 Å². The Morgan fingerprint density at radius 2 is 1.35 bits per heavy atom. The van der Waals surface area contributed by atoms with E-state index in [9.17, 15) is 9.59 Å². The molecule has 166 valence electrons. The SMILES string of the molecule is Cc1ccc(C)c(OCC(=O)N2CCCN(C(=O)COc3ccc(Cl)cc3)CC2)c1C. The Balaban J connectivity index is 1.48. The minimum absolute atomic E-state index is 0.00123. The molecule has 0 radical (unpaired) electrons. The minimum Gasteiger partial charge on any atom is -0.484 e. The van der Waals surface area contributed by atoms with E-state index in [0.717, 1.165) is 28.9 Å². The Bertz CT molecular complexity index is 930. The van der Waals surface area contributed by atoms with Crippen molar-refractivity contribution in [1.82, 2.24) is 9.80 Å². The van der Waals surface area contributed by atoms with Crippen LogP contribution in [-0.2, 0) is 9.59 Å². The molecule has 0 aromatic heterocycles. The second kappa shape index (κ2) is 10.5. The van der Waals surface area contributed by atoms with Crippen molar-refractivity contribution in [1.29, 1.82) is 0 Å². The van der Waals surface area contributed by atoms with Gasteiger partial charge in [-0.1, -0.05) is 23.7 Å². The lowest BCUT2D eigenvalue weighted by Gasteiger charge is -2.23. The second-order valence-electron chi connectivity index (χ2n) is 7.80. The number of carbonyl (C=O) groups is 2. The molecule has 0 bridgehead atoms. The summed E-state index contributed by atoms with van der Waals surface area (Å²) in [7, 11) is 0. The van der Waals surface area contributed by atoms with Gasteiger partial charge in [-0.2, -0.15) is 0 Å². The van der Waals surface area contributed by atoms with Gasteiger partial charge in [-0.25, -0.2) is 0 Å². The first-order valence-electron chi connectivity index (χ1n) is 10.5. The first kappa shape index (κ1) is 22.9. The maximum atomic E-state index is 12.7. The van der Waals surface area contributed by atoms with Gasteiger partial charge < -0.3 is 19.3 Å². The smallest absolute Gasteiger partial charge is 0.260 e. The molecule has 1 aliphatic rings. The van der Waals surface area contributed by atoms with Crippen molar-refractivity contribution in [3.8, 4) is 11.5 Å². The number of nitrogens with zero attached hydrogens (tertiary/aromatic N) is 2. The summed E-state index contributed by atoms with van der Waals surface area (Å²) < 4.78 is 11.4. The van der Waals surface area contributed by atoms with E-state index < -0.39 is 0 Å². The molecule has 1 fully saturated rings. The normalized spacial score (nSPS) is 14.2. The molecule has 3 rings (SSSR count). The molecule has 1 saturated heterocycles. The highest BCUT2D eigenvalue weighted by Crippen LogP contribution is 2.25. The van der Waals surface area contributed by atoms with Gasteiger partial charge in [0, 0.05) is 31.2 Å². The first-order valence-corrected chi connectivity index (χ1v) is 10.9. The molecule has 6 nitrogen and oxygen atoms in total. The molecule has 0 atom stereocenters. The van der Waals surface area contributed by atoms with Gasteiger partial charge in [-0.05, 0) is 68.1 Å². The number of ether oxygens (including phenoxy) is 2. The fraction of sp³-hybridized carbons (Fsp3) is 0.417. The van der Waals surface area contributed by atoms with E-state index in [1.165, 1.54) is 0 Å². The highest BCUT2D eigenvalue weighted by atomic mass is 35.5. The first-order chi connectivity index (χ1) is 14.8. The van der Waals surface area contributed by atoms with Crippen molar-refractivity contribution in [3.05, 3.63) is 58.1 Å². The standard InChI is InChI=1S/C24H29ClN2O4/c1-17-5-6-18(2)24(19(17)3)31-16-23(29)27-12-4-11-26(13-14-27)22(28)15-30-21-9-7-20(25)8-10-21/h5-10H,4,11-16H2,1-3H3. The molecule has 0 aliphatic carbocycles. The number of benzene rings is 2. The molecule has 31 heavy (non-hydrogen) atoms. The van der Waals surface area contributed by atoms with Crippen molar-refractivity contribution in [2.45, 2.75) is 27.2 Å². The van der Waals surface area contributed by atoms with E-state index in [1.54, 1.807) is 34.1 Å². The second-order valence-corrected chi connectivity index (χ2v) is 8.24. The maximum absolute atomic E-state index is 12.7. The van der Waals surface area contributed by atoms with E-state index in [-0.39, 0.29) is 25.0 Å². The quantitative estimate of drug-likeness (QED) is 0.680. The molecule has 1 aliphatic heterocycles. The summed E-state index contributed by atoms with van der Waals surface area (Å²) in [6.45, 7) is 8.15. The maximum Gasteiger partial charge on any atom is 0.260 e. The Morgan fingerprint density at radius 3 is 1.97 bits per heavy atom. The number of rotatable bonds is 6. The van der Waals surface area contributed by atoms with Gasteiger partial charge in [0.25, 0.3) is 11.8 Å². The minimum atomic E-state index is -0.0912. The lowest BCUT2D eigenvalue weighted by molar-refractivity contribution is -0.135. The van der Waals surface area contributed by atoms with Crippen LogP contribution in [0.3, 0.4) is 0 Å². The third-order valence-corrected chi connectivity index (χ3v) is 5.84. The van der Waals surface area contributed by atoms with Gasteiger partial charge in [-0.3, -0.25) is 9.59 Å². The molecule has 0 saturated carbocycles. The van der Waals surface area contributed by atoms with Gasteiger partial charge in [-0.15, -0.1) is 0 Å². The highest BCUT2D eigenvalue weighted by molar-refractivity contribution is 6.30. The average molecular weight is 445 g/mol. The summed E-state index contributed by atoms with van der Waals surface area (Å²) in [6.07, 6.45) is 0.723. The number of hydrogen-bond donors (Lipinski definition) is 0. The lowest BCUT2D eigenvalue weighted by Crippen LogP contribution is -2.40. The van der Waals surface area contributed by atoms with Crippen LogP contribution in [0.1, 0.15) is 23.1 Å². The zero-order valence-electron chi connectivity index (χ0n) is 18.3. The molecule has 0 spiro atoms. The predicted octanol–water partition coefficient (Wildman–Crippen LogP) is 3.78. The largest absolute Gasteiger partial charge is 0.484 e. The van der Waals surface area contributed by atoms with E-state index in [2.05, 4.69) is 6.07 Å². The zero-order chi connectivity index (χ0) is 22.4. The molecular weight excluding hydrogens is 416 g/mol. The van der Waals surface area contributed by atoms with Crippen molar-refractivity contribution in [3.63, 3.8) is 0 Å². The summed E-state index contributed by atoms with van der Waals surface area (Å²) in [4.78, 5) is 28.8. The molecule has 2 amide bonds. The number of hydrogen-bond acceptors (Lipinski definition) is 4. The number of halogens is 1. The summed E-state index contributed by atoms with van der Waals surface area (Å²) in [5, 5.41) is 0.618. The molecule has 1 heterocycles. The highest BCUT2D eigenvalue weighted by Gasteiger charge is 2.23. The number of amides is 2. The van der Waals surface area contributed by atoms with Crippen molar-refractivity contribution < 1.29 is 19.1 Å². The van der Waals surface area contributed by atoms with Gasteiger partial charge >= 0.3 is 0 Å². The van der Waals surface area contributed by atoms with Crippen LogP contribution in [-0.4, -0.2) is 61.0 Å². The van der Waals surface area contributed by atoms with Crippen LogP contribution in [0.15, 0.2) is 36.4 Å². The van der Waals surface area contributed by atoms with Crippen LogP contribution in [0.5, 0.6) is 11.5 Å². The Labute approximate surface area is 188 Å². The van der Waals surface area contributed by atoms with E-state index in [4.69, 9.17) is 21.1 Å². The van der Waals surface area contributed by atoms with E-state index in [0.29, 0.717) is 37.0 Å². The molecule has 2 aromatic carbocycles. The summed E-state index contributed by atoms with van der Waals surface area (Å²) in [6, 6.07) is 11.0. The Kier molecular flexibility index (Phi) is 7.80.